The van der Waals surface area contributed by atoms with Crippen molar-refractivity contribution >= 4 is 0 Å². The molecule has 0 aliphatic heterocycles. The van der Waals surface area contributed by atoms with Gasteiger partial charge in [0, 0.05) is 0 Å². The first-order valence-electron chi connectivity index (χ1n) is 5.08. The second-order valence-corrected chi connectivity index (χ2v) is 4.47. The van der Waals surface area contributed by atoms with Gasteiger partial charge < -0.3 is 5.73 Å². The van der Waals surface area contributed by atoms with Crippen molar-refractivity contribution in [3.05, 3.63) is 0 Å². The highest BCUT2D eigenvalue weighted by molar-refractivity contribution is 4.83. The first-order valence-corrected chi connectivity index (χ1v) is 5.08. The van der Waals surface area contributed by atoms with E-state index in [9.17, 15) is 0 Å². The van der Waals surface area contributed by atoms with Crippen LogP contribution in [-0.2, 0) is 0 Å². The molecule has 0 radical (unpaired) electrons. The molecule has 0 aromatic carbocycles. The Morgan fingerprint density at radius 2 is 1.64 bits per heavy atom. The number of hydrogen-bond donors (Lipinski definition) is 1. The third-order valence-corrected chi connectivity index (χ3v) is 3.56. The zero-order valence-electron chi connectivity index (χ0n) is 7.26. The summed E-state index contributed by atoms with van der Waals surface area (Å²) < 4.78 is 0. The van der Waals surface area contributed by atoms with Crippen LogP contribution in [-0.4, -0.2) is 6.54 Å². The molecular weight excluding hydrogens is 134 g/mol. The lowest BCUT2D eigenvalue weighted by atomic mass is 9.68. The van der Waals surface area contributed by atoms with Crippen molar-refractivity contribution in [1.82, 2.24) is 0 Å². The molecule has 1 nitrogen and oxygen atoms in total. The van der Waals surface area contributed by atoms with Gasteiger partial charge >= 0.3 is 0 Å². The van der Waals surface area contributed by atoms with Crippen LogP contribution in [0.15, 0.2) is 0 Å². The number of fused-ring (bicyclic) bond motifs is 2. The van der Waals surface area contributed by atoms with Gasteiger partial charge in [0.2, 0.25) is 0 Å². The summed E-state index contributed by atoms with van der Waals surface area (Å²) in [6.45, 7) is 0.938. The van der Waals surface area contributed by atoms with Gasteiger partial charge in [0.05, 0.1) is 0 Å². The van der Waals surface area contributed by atoms with Crippen LogP contribution in [0.5, 0.6) is 0 Å². The van der Waals surface area contributed by atoms with Crippen molar-refractivity contribution in [2.24, 2.45) is 23.5 Å². The average molecular weight is 153 g/mol. The van der Waals surface area contributed by atoms with Crippen LogP contribution in [0, 0.1) is 17.8 Å². The van der Waals surface area contributed by atoms with Crippen LogP contribution in [0.25, 0.3) is 0 Å². The van der Waals surface area contributed by atoms with Gasteiger partial charge in [-0.3, -0.25) is 0 Å². The van der Waals surface area contributed by atoms with Gasteiger partial charge in [-0.2, -0.15) is 0 Å². The van der Waals surface area contributed by atoms with Crippen LogP contribution < -0.4 is 5.73 Å². The summed E-state index contributed by atoms with van der Waals surface area (Å²) in [6, 6.07) is 0. The molecular formula is C10H19N. The Hall–Kier alpha value is -0.0400. The van der Waals surface area contributed by atoms with Crippen molar-refractivity contribution in [3.63, 3.8) is 0 Å². The lowest BCUT2D eigenvalue weighted by Crippen LogP contribution is -2.30. The fraction of sp³-hybridized carbons (Fsp3) is 1.00. The van der Waals surface area contributed by atoms with Crippen LogP contribution in [0.4, 0.5) is 0 Å². The van der Waals surface area contributed by atoms with Crippen molar-refractivity contribution in [3.8, 4) is 0 Å². The van der Waals surface area contributed by atoms with Crippen molar-refractivity contribution < 1.29 is 0 Å². The van der Waals surface area contributed by atoms with E-state index in [4.69, 9.17) is 5.73 Å². The predicted molar refractivity (Wildman–Crippen MR) is 47.2 cm³/mol. The monoisotopic (exact) mass is 153 g/mol. The second kappa shape index (κ2) is 3.14. The van der Waals surface area contributed by atoms with Crippen molar-refractivity contribution in [2.45, 2.75) is 38.5 Å². The smallest absolute Gasteiger partial charge is 0.00487 e. The highest BCUT2D eigenvalue weighted by atomic mass is 14.6. The fourth-order valence-electron chi connectivity index (χ4n) is 3.06. The molecule has 2 bridgehead atoms. The van der Waals surface area contributed by atoms with Crippen LogP contribution >= 0.6 is 0 Å². The maximum absolute atomic E-state index is 5.71. The Labute approximate surface area is 69.4 Å². The molecule has 0 saturated heterocycles. The summed E-state index contributed by atoms with van der Waals surface area (Å²) >= 11 is 0. The Morgan fingerprint density at radius 1 is 1.00 bits per heavy atom. The highest BCUT2D eigenvalue weighted by Gasteiger charge is 2.30. The van der Waals surface area contributed by atoms with E-state index in [1.54, 1.807) is 0 Å². The van der Waals surface area contributed by atoms with Gasteiger partial charge in [-0.25, -0.2) is 0 Å². The molecule has 64 valence electrons. The third kappa shape index (κ3) is 1.58. The van der Waals surface area contributed by atoms with Crippen LogP contribution in [0.3, 0.4) is 0 Å². The van der Waals surface area contributed by atoms with Crippen LogP contribution in [0.2, 0.25) is 0 Å². The zero-order valence-corrected chi connectivity index (χ0v) is 7.26. The fourth-order valence-corrected chi connectivity index (χ4v) is 3.06. The molecule has 2 aliphatic rings. The largest absolute Gasteiger partial charge is 0.330 e. The molecule has 0 spiro atoms. The molecule has 0 aromatic heterocycles. The van der Waals surface area contributed by atoms with Gasteiger partial charge in [0.1, 0.15) is 0 Å². The lowest BCUT2D eigenvalue weighted by molar-refractivity contribution is 0.141. The predicted octanol–water partition coefficient (Wildman–Crippen LogP) is 2.16. The topological polar surface area (TPSA) is 26.0 Å². The van der Waals surface area contributed by atoms with Crippen LogP contribution in [0.1, 0.15) is 38.5 Å². The molecule has 11 heavy (non-hydrogen) atoms. The van der Waals surface area contributed by atoms with Crippen molar-refractivity contribution in [2.75, 3.05) is 6.54 Å². The minimum absolute atomic E-state index is 0.874. The summed E-state index contributed by atoms with van der Waals surface area (Å²) in [5, 5.41) is 0. The minimum Gasteiger partial charge on any atom is -0.330 e. The number of nitrogens with two attached hydrogens (primary N) is 1. The maximum atomic E-state index is 5.71. The normalized spacial score (nSPS) is 43.9. The standard InChI is InChI=1S/C10H19N/c11-7-10-5-8-2-1-3-9(4-8)6-10/h8-10H,1-7,11H2/t8-,9-/m0/s1. The van der Waals surface area contributed by atoms with E-state index < -0.39 is 0 Å². The van der Waals surface area contributed by atoms with E-state index in [0.29, 0.717) is 0 Å². The minimum atomic E-state index is 0.874. The van der Waals surface area contributed by atoms with Gasteiger partial charge in [0.25, 0.3) is 0 Å². The quantitative estimate of drug-likeness (QED) is 0.614. The average Bonchev–Trinajstić information content (AvgIpc) is 2.03. The summed E-state index contributed by atoms with van der Waals surface area (Å²) in [7, 11) is 0. The Bertz CT molecular complexity index is 121. The first-order chi connectivity index (χ1) is 5.38. The summed E-state index contributed by atoms with van der Waals surface area (Å²) in [4.78, 5) is 0. The molecule has 2 saturated carbocycles. The van der Waals surface area contributed by atoms with E-state index in [0.717, 1.165) is 24.3 Å². The summed E-state index contributed by atoms with van der Waals surface area (Å²) in [5.41, 5.74) is 5.71. The van der Waals surface area contributed by atoms with E-state index >= 15 is 0 Å². The molecule has 2 rings (SSSR count). The Morgan fingerprint density at radius 3 is 2.18 bits per heavy atom. The van der Waals surface area contributed by atoms with Crippen molar-refractivity contribution in [1.29, 1.82) is 0 Å². The highest BCUT2D eigenvalue weighted by Crippen LogP contribution is 2.41. The third-order valence-electron chi connectivity index (χ3n) is 3.56. The van der Waals surface area contributed by atoms with Gasteiger partial charge in [-0.15, -0.1) is 0 Å². The molecule has 0 amide bonds. The van der Waals surface area contributed by atoms with Gasteiger partial charge in [-0.05, 0) is 43.6 Å². The molecule has 0 unspecified atom stereocenters. The molecule has 0 heterocycles. The Balaban J connectivity index is 1.94. The van der Waals surface area contributed by atoms with E-state index in [-0.39, 0.29) is 0 Å². The summed E-state index contributed by atoms with van der Waals surface area (Å²) in [6.07, 6.45) is 8.88. The van der Waals surface area contributed by atoms with E-state index in [1.165, 1.54) is 38.5 Å². The molecule has 2 fully saturated rings. The SMILES string of the molecule is NCC1C[C@H]2CCC[C@H](C1)C2. The van der Waals surface area contributed by atoms with Gasteiger partial charge in [-0.1, -0.05) is 19.3 Å². The maximum Gasteiger partial charge on any atom is -0.00487 e. The number of rotatable bonds is 1. The van der Waals surface area contributed by atoms with E-state index in [2.05, 4.69) is 0 Å². The molecule has 2 atom stereocenters. The molecule has 0 aromatic rings. The lowest BCUT2D eigenvalue weighted by Gasteiger charge is -2.38. The van der Waals surface area contributed by atoms with E-state index in [1.807, 2.05) is 0 Å². The first kappa shape index (κ1) is 7.60. The molecule has 2 aliphatic carbocycles. The number of hydrogen-bond acceptors (Lipinski definition) is 1. The zero-order chi connectivity index (χ0) is 7.68. The molecule has 2 N–H and O–H groups in total. The Kier molecular flexibility index (Phi) is 2.17. The van der Waals surface area contributed by atoms with Gasteiger partial charge in [0.15, 0.2) is 0 Å². The second-order valence-electron chi connectivity index (χ2n) is 4.47. The summed E-state index contributed by atoms with van der Waals surface area (Å²) in [5.74, 6) is 2.98. The molecule has 1 heteroatoms.